The fourth-order valence-corrected chi connectivity index (χ4v) is 2.49. The van der Waals surface area contributed by atoms with Gasteiger partial charge in [0.1, 0.15) is 5.82 Å². The minimum absolute atomic E-state index is 0.237. The smallest absolute Gasteiger partial charge is 0.128 e. The van der Waals surface area contributed by atoms with Crippen molar-refractivity contribution >= 4 is 31.9 Å². The Hall–Kier alpha value is -0.780. The third-order valence-electron chi connectivity index (χ3n) is 2.72. The maximum Gasteiger partial charge on any atom is 0.128 e. The topological polar surface area (TPSA) is 24.9 Å². The Morgan fingerprint density at radius 3 is 2.58 bits per heavy atom. The highest BCUT2D eigenvalue weighted by Gasteiger charge is 2.18. The van der Waals surface area contributed by atoms with E-state index in [0.29, 0.717) is 5.56 Å². The highest BCUT2D eigenvalue weighted by atomic mass is 79.9. The molecule has 2 rings (SSSR count). The molecule has 0 spiro atoms. The van der Waals surface area contributed by atoms with Crippen LogP contribution in [0.1, 0.15) is 24.2 Å². The van der Waals surface area contributed by atoms with E-state index in [9.17, 15) is 4.39 Å². The van der Waals surface area contributed by atoms with E-state index in [2.05, 4.69) is 42.2 Å². The van der Waals surface area contributed by atoms with Gasteiger partial charge in [-0.1, -0.05) is 22.9 Å². The number of aromatic nitrogens is 1. The molecule has 1 unspecified atom stereocenters. The fraction of sp³-hybridized carbons (Fsp3) is 0.214. The first-order valence-electron chi connectivity index (χ1n) is 5.91. The van der Waals surface area contributed by atoms with Gasteiger partial charge < -0.3 is 5.32 Å². The predicted molar refractivity (Wildman–Crippen MR) is 81.6 cm³/mol. The molecule has 0 saturated carbocycles. The van der Waals surface area contributed by atoms with Crippen molar-refractivity contribution in [2.75, 3.05) is 6.54 Å². The van der Waals surface area contributed by atoms with Crippen LogP contribution in [0.15, 0.2) is 45.5 Å². The average Bonchev–Trinajstić information content (AvgIpc) is 2.40. The van der Waals surface area contributed by atoms with Gasteiger partial charge in [0, 0.05) is 20.7 Å². The monoisotopic (exact) mass is 386 g/mol. The van der Waals surface area contributed by atoms with Gasteiger partial charge in [0.2, 0.25) is 0 Å². The molecule has 19 heavy (non-hydrogen) atoms. The molecule has 1 N–H and O–H groups in total. The highest BCUT2D eigenvalue weighted by molar-refractivity contribution is 9.10. The van der Waals surface area contributed by atoms with Gasteiger partial charge in [0.15, 0.2) is 0 Å². The van der Waals surface area contributed by atoms with Crippen LogP contribution in [0.25, 0.3) is 0 Å². The first-order valence-corrected chi connectivity index (χ1v) is 7.50. The second-order valence-electron chi connectivity index (χ2n) is 4.06. The molecule has 100 valence electrons. The van der Waals surface area contributed by atoms with Crippen LogP contribution < -0.4 is 5.32 Å². The fourth-order valence-electron chi connectivity index (χ4n) is 1.87. The first-order chi connectivity index (χ1) is 9.11. The minimum Gasteiger partial charge on any atom is -0.305 e. The molecule has 0 fully saturated rings. The van der Waals surface area contributed by atoms with Crippen molar-refractivity contribution < 1.29 is 4.39 Å². The summed E-state index contributed by atoms with van der Waals surface area (Å²) in [6, 6.07) is 8.47. The van der Waals surface area contributed by atoms with Crippen LogP contribution in [0.5, 0.6) is 0 Å². The summed E-state index contributed by atoms with van der Waals surface area (Å²) in [7, 11) is 0. The van der Waals surface area contributed by atoms with Crippen molar-refractivity contribution in [1.29, 1.82) is 0 Å². The van der Waals surface area contributed by atoms with E-state index in [1.807, 2.05) is 19.1 Å². The van der Waals surface area contributed by atoms with Gasteiger partial charge in [-0.05, 0) is 52.8 Å². The number of pyridine rings is 1. The zero-order valence-electron chi connectivity index (χ0n) is 10.3. The van der Waals surface area contributed by atoms with Crippen molar-refractivity contribution in [3.63, 3.8) is 0 Å². The lowest BCUT2D eigenvalue weighted by atomic mass is 10.0. The third-order valence-corrected chi connectivity index (χ3v) is 3.69. The maximum absolute atomic E-state index is 14.0. The molecule has 1 atom stereocenters. The van der Waals surface area contributed by atoms with Crippen LogP contribution in [0, 0.1) is 5.82 Å². The molecule has 0 aliphatic carbocycles. The zero-order chi connectivity index (χ0) is 13.8. The second-order valence-corrected chi connectivity index (χ2v) is 5.89. The van der Waals surface area contributed by atoms with Gasteiger partial charge >= 0.3 is 0 Å². The quantitative estimate of drug-likeness (QED) is 0.838. The molecular formula is C14H13Br2FN2. The Balaban J connectivity index is 2.44. The summed E-state index contributed by atoms with van der Waals surface area (Å²) in [5, 5.41) is 3.26. The summed E-state index contributed by atoms with van der Waals surface area (Å²) in [6.07, 6.45) is 1.72. The minimum atomic E-state index is -0.254. The molecule has 5 heteroatoms. The van der Waals surface area contributed by atoms with Gasteiger partial charge in [0.25, 0.3) is 0 Å². The summed E-state index contributed by atoms with van der Waals surface area (Å²) in [6.45, 7) is 2.72. The van der Waals surface area contributed by atoms with Crippen LogP contribution in [0.2, 0.25) is 0 Å². The Morgan fingerprint density at radius 2 is 1.95 bits per heavy atom. The van der Waals surface area contributed by atoms with Crippen LogP contribution in [0.3, 0.4) is 0 Å². The molecule has 0 radical (unpaired) electrons. The van der Waals surface area contributed by atoms with Crippen molar-refractivity contribution in [3.8, 4) is 0 Å². The molecule has 2 aromatic rings. The van der Waals surface area contributed by atoms with Crippen LogP contribution in [0.4, 0.5) is 4.39 Å². The molecule has 0 amide bonds. The van der Waals surface area contributed by atoms with E-state index >= 15 is 0 Å². The summed E-state index contributed by atoms with van der Waals surface area (Å²) >= 11 is 6.73. The van der Waals surface area contributed by atoms with Crippen LogP contribution in [-0.2, 0) is 0 Å². The lowest BCUT2D eigenvalue weighted by molar-refractivity contribution is 0.551. The molecule has 0 bridgehead atoms. The van der Waals surface area contributed by atoms with Crippen molar-refractivity contribution in [2.45, 2.75) is 13.0 Å². The Kier molecular flexibility index (Phi) is 5.07. The number of nitrogens with one attached hydrogen (secondary N) is 1. The second kappa shape index (κ2) is 6.59. The van der Waals surface area contributed by atoms with Crippen molar-refractivity contribution in [2.24, 2.45) is 0 Å². The number of hydrogen-bond acceptors (Lipinski definition) is 2. The summed E-state index contributed by atoms with van der Waals surface area (Å²) < 4.78 is 15.8. The Labute approximate surface area is 128 Å². The number of nitrogens with zero attached hydrogens (tertiary/aromatic N) is 1. The third kappa shape index (κ3) is 3.61. The van der Waals surface area contributed by atoms with E-state index in [1.165, 1.54) is 6.07 Å². The Morgan fingerprint density at radius 1 is 1.21 bits per heavy atom. The standard InChI is InChI=1S/C14H13Br2FN2/c1-2-18-14(13-6-4-10(16)8-19-13)11-7-9(15)3-5-12(11)17/h3-8,14,18H,2H2,1H3. The number of hydrogen-bond donors (Lipinski definition) is 1. The van der Waals surface area contributed by atoms with Gasteiger partial charge in [-0.25, -0.2) is 4.39 Å². The lowest BCUT2D eigenvalue weighted by Gasteiger charge is -2.19. The predicted octanol–water partition coefficient (Wildman–Crippen LogP) is 4.44. The SMILES string of the molecule is CCNC(c1ccc(Br)cn1)c1cc(Br)ccc1F. The molecule has 0 aliphatic rings. The highest BCUT2D eigenvalue weighted by Crippen LogP contribution is 2.26. The maximum atomic E-state index is 14.0. The van der Waals surface area contributed by atoms with E-state index < -0.39 is 0 Å². The van der Waals surface area contributed by atoms with E-state index in [-0.39, 0.29) is 11.9 Å². The van der Waals surface area contributed by atoms with Crippen molar-refractivity contribution in [1.82, 2.24) is 10.3 Å². The van der Waals surface area contributed by atoms with Crippen molar-refractivity contribution in [3.05, 3.63) is 62.5 Å². The van der Waals surface area contributed by atoms with E-state index in [1.54, 1.807) is 18.3 Å². The van der Waals surface area contributed by atoms with Gasteiger partial charge in [-0.15, -0.1) is 0 Å². The molecule has 1 aromatic carbocycles. The number of halogens is 3. The van der Waals surface area contributed by atoms with Crippen LogP contribution in [-0.4, -0.2) is 11.5 Å². The normalized spacial score (nSPS) is 12.4. The first kappa shape index (κ1) is 14.6. The Bertz CT molecular complexity index is 558. The van der Waals surface area contributed by atoms with Gasteiger partial charge in [0.05, 0.1) is 11.7 Å². The summed E-state index contributed by atoms with van der Waals surface area (Å²) in [5.74, 6) is -0.237. The van der Waals surface area contributed by atoms with E-state index in [0.717, 1.165) is 21.2 Å². The largest absolute Gasteiger partial charge is 0.305 e. The molecule has 2 nitrogen and oxygen atoms in total. The summed E-state index contributed by atoms with van der Waals surface area (Å²) in [5.41, 5.74) is 1.38. The number of benzene rings is 1. The van der Waals surface area contributed by atoms with Gasteiger partial charge in [-0.3, -0.25) is 4.98 Å². The number of rotatable bonds is 4. The zero-order valence-corrected chi connectivity index (χ0v) is 13.5. The summed E-state index contributed by atoms with van der Waals surface area (Å²) in [4.78, 5) is 4.35. The molecule has 0 aliphatic heterocycles. The molecular weight excluding hydrogens is 375 g/mol. The lowest BCUT2D eigenvalue weighted by Crippen LogP contribution is -2.23. The molecule has 1 aromatic heterocycles. The van der Waals surface area contributed by atoms with Crippen LogP contribution >= 0.6 is 31.9 Å². The van der Waals surface area contributed by atoms with E-state index in [4.69, 9.17) is 0 Å². The molecule has 1 heterocycles. The average molecular weight is 388 g/mol. The molecule has 0 saturated heterocycles. The van der Waals surface area contributed by atoms with Gasteiger partial charge in [-0.2, -0.15) is 0 Å².